The van der Waals surface area contributed by atoms with Crippen molar-refractivity contribution in [2.75, 3.05) is 74.6 Å². The van der Waals surface area contributed by atoms with Crippen LogP contribution in [0.2, 0.25) is 20.1 Å². The second kappa shape index (κ2) is 18.5. The third-order valence-electron chi connectivity index (χ3n) is 8.53. The molecular weight excluding hydrogens is 726 g/mol. The zero-order valence-corrected chi connectivity index (χ0v) is 30.9. The Labute approximate surface area is 311 Å². The molecule has 0 spiro atoms. The quantitative estimate of drug-likeness (QED) is 0.196. The molecule has 13 nitrogen and oxygen atoms in total. The smallest absolute Gasteiger partial charge is 0.256 e. The van der Waals surface area contributed by atoms with Crippen LogP contribution in [0.3, 0.4) is 0 Å². The molecule has 2 saturated heterocycles. The van der Waals surface area contributed by atoms with Gasteiger partial charge in [-0.2, -0.15) is 0 Å². The Hall–Kier alpha value is -3.75. The molecule has 270 valence electrons. The molecule has 0 unspecified atom stereocenters. The number of primary amides is 1. The number of nitrogens with zero attached hydrogens (tertiary/aromatic N) is 5. The monoisotopic (exact) mass is 766 g/mol. The van der Waals surface area contributed by atoms with Gasteiger partial charge in [-0.25, -0.2) is 9.97 Å². The zero-order valence-electron chi connectivity index (χ0n) is 27.9. The lowest BCUT2D eigenvalue weighted by atomic mass is 10.0. The van der Waals surface area contributed by atoms with Gasteiger partial charge in [0.25, 0.3) is 5.91 Å². The van der Waals surface area contributed by atoms with E-state index < -0.39 is 5.91 Å². The molecule has 0 bridgehead atoms. The number of hydrogen-bond donors (Lipinski definition) is 5. The van der Waals surface area contributed by atoms with Crippen LogP contribution >= 0.6 is 46.4 Å². The van der Waals surface area contributed by atoms with Crippen LogP contribution in [0.1, 0.15) is 36.0 Å². The summed E-state index contributed by atoms with van der Waals surface area (Å²) in [5, 5.41) is 11.5. The van der Waals surface area contributed by atoms with Gasteiger partial charge < -0.3 is 42.1 Å². The standard InChI is InChI=1S/C19H23Cl2N7O2.C14H19Cl2N3O/c1-27(19-16(18(23)30)17(22)25-10-26-19)14-3-2-4-28(9-14)15(29)8-24-13-6-11(20)5-12(21)7-13;1-17-12-3-2-4-19(9-12)14(20)8-18-13-6-10(15)5-11(16)7-13/h5-7,10,14,24H,2-4,8-9H2,1H3,(H2,23,30)(H2,22,25,26);5-7,12,17-18H,2-4,8-9H2,1H3/t14-;12-/m00/s1. The lowest BCUT2D eigenvalue weighted by Gasteiger charge is -2.38. The summed E-state index contributed by atoms with van der Waals surface area (Å²) in [4.78, 5) is 50.3. The van der Waals surface area contributed by atoms with Crippen molar-refractivity contribution in [3.63, 3.8) is 0 Å². The van der Waals surface area contributed by atoms with Gasteiger partial charge >= 0.3 is 0 Å². The second-order valence-corrected chi connectivity index (χ2v) is 13.8. The van der Waals surface area contributed by atoms with E-state index in [0.29, 0.717) is 50.7 Å². The predicted molar refractivity (Wildman–Crippen MR) is 202 cm³/mol. The molecule has 2 aliphatic rings. The number of piperidine rings is 2. The molecule has 3 heterocycles. The first-order valence-corrected chi connectivity index (χ1v) is 17.6. The normalized spacial score (nSPS) is 17.3. The number of amides is 3. The molecule has 2 aromatic carbocycles. The highest BCUT2D eigenvalue weighted by Crippen LogP contribution is 2.26. The fraction of sp³-hybridized carbons (Fsp3) is 0.424. The topological polar surface area (TPSA) is 175 Å². The predicted octanol–water partition coefficient (Wildman–Crippen LogP) is 4.62. The van der Waals surface area contributed by atoms with Crippen LogP contribution in [-0.4, -0.2) is 103 Å². The summed E-state index contributed by atoms with van der Waals surface area (Å²) in [6.07, 6.45) is 5.10. The minimum atomic E-state index is -0.692. The number of anilines is 4. The van der Waals surface area contributed by atoms with Crippen molar-refractivity contribution in [1.29, 1.82) is 0 Å². The largest absolute Gasteiger partial charge is 0.383 e. The summed E-state index contributed by atoms with van der Waals surface area (Å²) in [6.45, 7) is 3.10. The van der Waals surface area contributed by atoms with Crippen LogP contribution in [-0.2, 0) is 9.59 Å². The van der Waals surface area contributed by atoms with Gasteiger partial charge in [-0.05, 0) is 69.1 Å². The number of aromatic nitrogens is 2. The summed E-state index contributed by atoms with van der Waals surface area (Å²) in [6, 6.07) is 10.6. The van der Waals surface area contributed by atoms with Crippen LogP contribution in [0.5, 0.6) is 0 Å². The number of nitrogens with two attached hydrogens (primary N) is 2. The molecule has 17 heteroatoms. The van der Waals surface area contributed by atoms with Crippen molar-refractivity contribution >= 4 is 87.1 Å². The first-order valence-electron chi connectivity index (χ1n) is 16.1. The number of rotatable bonds is 10. The van der Waals surface area contributed by atoms with Crippen molar-refractivity contribution in [1.82, 2.24) is 25.1 Å². The van der Waals surface area contributed by atoms with Crippen molar-refractivity contribution in [2.24, 2.45) is 5.73 Å². The van der Waals surface area contributed by atoms with Gasteiger partial charge in [0, 0.05) is 76.8 Å². The van der Waals surface area contributed by atoms with Gasteiger partial charge in [0.15, 0.2) is 0 Å². The van der Waals surface area contributed by atoms with E-state index >= 15 is 0 Å². The Morgan fingerprint density at radius 3 is 1.82 bits per heavy atom. The van der Waals surface area contributed by atoms with Gasteiger partial charge in [0.1, 0.15) is 23.5 Å². The Morgan fingerprint density at radius 2 is 1.32 bits per heavy atom. The van der Waals surface area contributed by atoms with Gasteiger partial charge in [-0.1, -0.05) is 46.4 Å². The molecule has 3 amide bonds. The number of carbonyl (C=O) groups is 3. The lowest BCUT2D eigenvalue weighted by molar-refractivity contribution is -0.131. The van der Waals surface area contributed by atoms with E-state index in [1.807, 2.05) is 16.8 Å². The SMILES string of the molecule is CN(c1ncnc(N)c1C(N)=O)[C@H]1CCCN(C(=O)CNc2cc(Cl)cc(Cl)c2)C1.CN[C@H]1CCCN(C(=O)CNc2cc(Cl)cc(Cl)c2)C1. The maximum atomic E-state index is 12.7. The second-order valence-electron chi connectivity index (χ2n) is 12.1. The summed E-state index contributed by atoms with van der Waals surface area (Å²) in [7, 11) is 3.74. The highest BCUT2D eigenvalue weighted by atomic mass is 35.5. The van der Waals surface area contributed by atoms with Crippen LogP contribution in [0.25, 0.3) is 0 Å². The van der Waals surface area contributed by atoms with Crippen LogP contribution in [0.15, 0.2) is 42.7 Å². The average Bonchev–Trinajstić information content (AvgIpc) is 3.08. The lowest BCUT2D eigenvalue weighted by Crippen LogP contribution is -2.50. The van der Waals surface area contributed by atoms with E-state index in [2.05, 4.69) is 25.9 Å². The average molecular weight is 769 g/mol. The Balaban J connectivity index is 0.000000244. The molecule has 3 aromatic rings. The molecule has 5 rings (SSSR count). The molecule has 7 N–H and O–H groups in total. The highest BCUT2D eigenvalue weighted by molar-refractivity contribution is 6.35. The molecule has 0 aliphatic carbocycles. The van der Waals surface area contributed by atoms with Crippen LogP contribution in [0.4, 0.5) is 23.0 Å². The maximum Gasteiger partial charge on any atom is 0.256 e. The van der Waals surface area contributed by atoms with Crippen molar-refractivity contribution in [3.05, 3.63) is 68.4 Å². The molecule has 2 fully saturated rings. The number of likely N-dealkylation sites (tertiary alicyclic amines) is 2. The van der Waals surface area contributed by atoms with Crippen LogP contribution in [0, 0.1) is 0 Å². The minimum absolute atomic E-state index is 0.0347. The third-order valence-corrected chi connectivity index (χ3v) is 9.40. The maximum absolute atomic E-state index is 12.7. The Bertz CT molecular complexity index is 1630. The fourth-order valence-corrected chi connectivity index (χ4v) is 6.95. The molecule has 2 atom stereocenters. The first-order chi connectivity index (χ1) is 23.8. The van der Waals surface area contributed by atoms with Crippen molar-refractivity contribution in [3.8, 4) is 0 Å². The molecule has 2 aliphatic heterocycles. The zero-order chi connectivity index (χ0) is 36.4. The molecule has 1 aromatic heterocycles. The highest BCUT2D eigenvalue weighted by Gasteiger charge is 2.29. The van der Waals surface area contributed by atoms with E-state index in [4.69, 9.17) is 57.9 Å². The third kappa shape index (κ3) is 11.1. The summed E-state index contributed by atoms with van der Waals surface area (Å²) >= 11 is 23.8. The molecule has 0 saturated carbocycles. The van der Waals surface area contributed by atoms with Crippen molar-refractivity contribution < 1.29 is 14.4 Å². The fourth-order valence-electron chi connectivity index (χ4n) is 5.89. The molecular formula is C33H42Cl4N10O3. The van der Waals surface area contributed by atoms with Gasteiger partial charge in [-0.3, -0.25) is 14.4 Å². The van der Waals surface area contributed by atoms with Gasteiger partial charge in [0.2, 0.25) is 11.8 Å². The number of hydrogen-bond acceptors (Lipinski definition) is 10. The van der Waals surface area contributed by atoms with Crippen LogP contribution < -0.4 is 32.3 Å². The van der Waals surface area contributed by atoms with E-state index in [1.54, 1.807) is 48.3 Å². The van der Waals surface area contributed by atoms with Crippen molar-refractivity contribution in [2.45, 2.75) is 37.8 Å². The van der Waals surface area contributed by atoms with Gasteiger partial charge in [0.05, 0.1) is 13.1 Å². The Morgan fingerprint density at radius 1 is 0.820 bits per heavy atom. The first kappa shape index (κ1) is 39.0. The number of carbonyl (C=O) groups excluding carboxylic acids is 3. The van der Waals surface area contributed by atoms with E-state index in [1.165, 1.54) is 6.33 Å². The number of nitrogens with one attached hydrogen (secondary N) is 3. The summed E-state index contributed by atoms with van der Waals surface area (Å²) in [5.41, 5.74) is 12.8. The van der Waals surface area contributed by atoms with E-state index in [-0.39, 0.29) is 42.3 Å². The summed E-state index contributed by atoms with van der Waals surface area (Å²) < 4.78 is 0. The number of halogens is 4. The van der Waals surface area contributed by atoms with Gasteiger partial charge in [-0.15, -0.1) is 0 Å². The van der Waals surface area contributed by atoms with E-state index in [0.717, 1.165) is 44.5 Å². The Kier molecular flexibility index (Phi) is 14.4. The minimum Gasteiger partial charge on any atom is -0.383 e. The number of benzene rings is 2. The van der Waals surface area contributed by atoms with E-state index in [9.17, 15) is 14.4 Å². The number of nitrogen functional groups attached to an aromatic ring is 1. The number of likely N-dealkylation sites (N-methyl/N-ethyl adjacent to an activating group) is 2. The molecule has 0 radical (unpaired) electrons. The summed E-state index contributed by atoms with van der Waals surface area (Å²) in [5.74, 6) is -0.251. The molecule has 50 heavy (non-hydrogen) atoms.